The molecule has 0 aromatic rings. The zero-order valence-corrected chi connectivity index (χ0v) is 11.0. The Kier molecular flexibility index (Phi) is 9.43. The Balaban J connectivity index is 3.39. The Bertz CT molecular complexity index is 232. The van der Waals surface area contributed by atoms with Crippen molar-refractivity contribution in [2.75, 3.05) is 19.7 Å². The molecule has 1 atom stereocenters. The minimum Gasteiger partial charge on any atom is -0.466 e. The first-order valence-electron chi connectivity index (χ1n) is 6.25. The van der Waals surface area contributed by atoms with E-state index in [2.05, 4.69) is 10.6 Å². The summed E-state index contributed by atoms with van der Waals surface area (Å²) in [6.07, 6.45) is 2.01. The molecule has 0 saturated heterocycles. The second-order valence-electron chi connectivity index (χ2n) is 3.96. The van der Waals surface area contributed by atoms with Crippen molar-refractivity contribution in [3.8, 4) is 0 Å². The highest BCUT2D eigenvalue weighted by atomic mass is 16.5. The van der Waals surface area contributed by atoms with Gasteiger partial charge < -0.3 is 15.4 Å². The minimum atomic E-state index is -0.182. The number of esters is 1. The maximum atomic E-state index is 11.3. The van der Waals surface area contributed by atoms with Crippen LogP contribution < -0.4 is 10.6 Å². The quantitative estimate of drug-likeness (QED) is 0.466. The van der Waals surface area contributed by atoms with Crippen molar-refractivity contribution in [1.82, 2.24) is 10.6 Å². The normalized spacial score (nSPS) is 11.9. The van der Waals surface area contributed by atoms with E-state index in [4.69, 9.17) is 4.74 Å². The third-order valence-electron chi connectivity index (χ3n) is 2.35. The minimum absolute atomic E-state index is 0.00418. The van der Waals surface area contributed by atoms with Gasteiger partial charge in [0.25, 0.3) is 0 Å². The predicted octanol–water partition coefficient (Wildman–Crippen LogP) is 0.834. The summed E-state index contributed by atoms with van der Waals surface area (Å²) in [5.74, 6) is -0.186. The molecule has 5 nitrogen and oxygen atoms in total. The molecule has 100 valence electrons. The molecular formula is C12H24N2O3. The fraction of sp³-hybridized carbons (Fsp3) is 0.833. The molecule has 1 unspecified atom stereocenters. The van der Waals surface area contributed by atoms with E-state index in [9.17, 15) is 9.59 Å². The summed E-state index contributed by atoms with van der Waals surface area (Å²) in [7, 11) is 0. The molecule has 0 heterocycles. The molecule has 0 saturated carbocycles. The average Bonchev–Trinajstić information content (AvgIpc) is 2.28. The summed E-state index contributed by atoms with van der Waals surface area (Å²) >= 11 is 0. The Morgan fingerprint density at radius 2 is 2.00 bits per heavy atom. The van der Waals surface area contributed by atoms with Crippen LogP contribution in [0, 0.1) is 0 Å². The molecule has 0 aromatic heterocycles. The van der Waals surface area contributed by atoms with Gasteiger partial charge in [0, 0.05) is 12.5 Å². The van der Waals surface area contributed by atoms with Crippen LogP contribution in [0.5, 0.6) is 0 Å². The summed E-state index contributed by atoms with van der Waals surface area (Å²) in [6.45, 7) is 7.15. The first-order valence-corrected chi connectivity index (χ1v) is 6.25. The van der Waals surface area contributed by atoms with E-state index in [1.807, 2.05) is 13.8 Å². The van der Waals surface area contributed by atoms with Gasteiger partial charge in [-0.05, 0) is 33.2 Å². The van der Waals surface area contributed by atoms with E-state index >= 15 is 0 Å². The van der Waals surface area contributed by atoms with E-state index in [1.165, 1.54) is 0 Å². The van der Waals surface area contributed by atoms with E-state index in [1.54, 1.807) is 6.92 Å². The molecule has 0 aromatic carbocycles. The van der Waals surface area contributed by atoms with Gasteiger partial charge in [0.2, 0.25) is 5.91 Å². The molecule has 0 bridgehead atoms. The molecule has 1 amide bonds. The lowest BCUT2D eigenvalue weighted by molar-refractivity contribution is -0.143. The Morgan fingerprint density at radius 3 is 2.59 bits per heavy atom. The second kappa shape index (κ2) is 10.1. The van der Waals surface area contributed by atoms with Crippen molar-refractivity contribution < 1.29 is 14.3 Å². The summed E-state index contributed by atoms with van der Waals surface area (Å²) in [5.41, 5.74) is 0. The van der Waals surface area contributed by atoms with Crippen LogP contribution >= 0.6 is 0 Å². The highest BCUT2D eigenvalue weighted by Gasteiger charge is 2.05. The van der Waals surface area contributed by atoms with E-state index in [0.717, 1.165) is 6.42 Å². The van der Waals surface area contributed by atoms with Gasteiger partial charge in [0.15, 0.2) is 0 Å². The molecule has 0 spiro atoms. The van der Waals surface area contributed by atoms with Crippen LogP contribution in [0.3, 0.4) is 0 Å². The van der Waals surface area contributed by atoms with Gasteiger partial charge in [-0.25, -0.2) is 0 Å². The summed E-state index contributed by atoms with van der Waals surface area (Å²) in [6, 6.07) is 0.212. The maximum Gasteiger partial charge on any atom is 0.305 e. The summed E-state index contributed by atoms with van der Waals surface area (Å²) in [5, 5.41) is 5.85. The molecule has 0 aliphatic rings. The van der Waals surface area contributed by atoms with Crippen molar-refractivity contribution >= 4 is 11.9 Å². The number of carbonyl (C=O) groups is 2. The zero-order chi connectivity index (χ0) is 13.1. The summed E-state index contributed by atoms with van der Waals surface area (Å²) in [4.78, 5) is 22.3. The third kappa shape index (κ3) is 9.81. The maximum absolute atomic E-state index is 11.3. The summed E-state index contributed by atoms with van der Waals surface area (Å²) < 4.78 is 4.79. The van der Waals surface area contributed by atoms with E-state index < -0.39 is 0 Å². The molecule has 0 aliphatic carbocycles. The van der Waals surface area contributed by atoms with Gasteiger partial charge >= 0.3 is 5.97 Å². The molecule has 17 heavy (non-hydrogen) atoms. The van der Waals surface area contributed by atoms with Crippen molar-refractivity contribution in [2.45, 2.75) is 46.1 Å². The van der Waals surface area contributed by atoms with Gasteiger partial charge in [-0.3, -0.25) is 9.59 Å². The first-order chi connectivity index (χ1) is 8.10. The van der Waals surface area contributed by atoms with Gasteiger partial charge in [-0.1, -0.05) is 6.92 Å². The molecule has 0 aliphatic heterocycles. The Hall–Kier alpha value is -1.10. The number of carbonyl (C=O) groups excluding carboxylic acids is 2. The molecule has 0 fully saturated rings. The smallest absolute Gasteiger partial charge is 0.305 e. The third-order valence-corrected chi connectivity index (χ3v) is 2.35. The molecule has 5 heteroatoms. The Morgan fingerprint density at radius 1 is 1.29 bits per heavy atom. The fourth-order valence-electron chi connectivity index (χ4n) is 1.22. The highest BCUT2D eigenvalue weighted by molar-refractivity contribution is 5.78. The van der Waals surface area contributed by atoms with Crippen LogP contribution in [-0.2, 0) is 14.3 Å². The van der Waals surface area contributed by atoms with Crippen LogP contribution in [0.15, 0.2) is 0 Å². The molecular weight excluding hydrogens is 220 g/mol. The zero-order valence-electron chi connectivity index (χ0n) is 11.0. The van der Waals surface area contributed by atoms with Crippen LogP contribution in [0.1, 0.15) is 40.0 Å². The number of hydrogen-bond donors (Lipinski definition) is 2. The topological polar surface area (TPSA) is 67.4 Å². The lowest BCUT2D eigenvalue weighted by atomic mass is 10.2. The van der Waals surface area contributed by atoms with Gasteiger partial charge in [0.1, 0.15) is 0 Å². The molecule has 0 radical (unpaired) electrons. The van der Waals surface area contributed by atoms with Crippen LogP contribution in [-0.4, -0.2) is 37.6 Å². The van der Waals surface area contributed by atoms with Crippen LogP contribution in [0.2, 0.25) is 0 Å². The lowest BCUT2D eigenvalue weighted by Gasteiger charge is -2.11. The molecule has 2 N–H and O–H groups in total. The largest absolute Gasteiger partial charge is 0.466 e. The number of hydrogen-bond acceptors (Lipinski definition) is 4. The highest BCUT2D eigenvalue weighted by Crippen LogP contribution is 1.91. The van der Waals surface area contributed by atoms with Crippen molar-refractivity contribution in [2.24, 2.45) is 0 Å². The van der Waals surface area contributed by atoms with Crippen molar-refractivity contribution in [3.05, 3.63) is 0 Å². The number of rotatable bonds is 9. The van der Waals surface area contributed by atoms with Gasteiger partial charge in [-0.2, -0.15) is 0 Å². The van der Waals surface area contributed by atoms with Crippen molar-refractivity contribution in [1.29, 1.82) is 0 Å². The monoisotopic (exact) mass is 244 g/mol. The SMILES string of the molecule is CCOC(=O)CCCNCC(=O)NC(C)CC. The van der Waals surface area contributed by atoms with Gasteiger partial charge in [-0.15, -0.1) is 0 Å². The number of ether oxygens (including phenoxy) is 1. The molecule has 0 rings (SSSR count). The fourth-order valence-corrected chi connectivity index (χ4v) is 1.22. The standard InChI is InChI=1S/C12H24N2O3/c1-4-10(3)14-11(15)9-13-8-6-7-12(16)17-5-2/h10,13H,4-9H2,1-3H3,(H,14,15). The van der Waals surface area contributed by atoms with Crippen LogP contribution in [0.25, 0.3) is 0 Å². The van der Waals surface area contributed by atoms with Crippen LogP contribution in [0.4, 0.5) is 0 Å². The Labute approximate surface area is 103 Å². The predicted molar refractivity (Wildman–Crippen MR) is 66.6 cm³/mol. The second-order valence-corrected chi connectivity index (χ2v) is 3.96. The van der Waals surface area contributed by atoms with E-state index in [-0.39, 0.29) is 17.9 Å². The lowest BCUT2D eigenvalue weighted by Crippen LogP contribution is -2.39. The number of amides is 1. The van der Waals surface area contributed by atoms with Crippen molar-refractivity contribution in [3.63, 3.8) is 0 Å². The first kappa shape index (κ1) is 15.9. The average molecular weight is 244 g/mol. The number of nitrogens with one attached hydrogen (secondary N) is 2. The van der Waals surface area contributed by atoms with E-state index in [0.29, 0.717) is 32.5 Å². The van der Waals surface area contributed by atoms with Gasteiger partial charge in [0.05, 0.1) is 13.2 Å².